The van der Waals surface area contributed by atoms with E-state index in [4.69, 9.17) is 21.7 Å². The van der Waals surface area contributed by atoms with Crippen LogP contribution in [0.15, 0.2) is 48.5 Å². The zero-order chi connectivity index (χ0) is 36.5. The molecule has 2 rings (SSSR count). The molecule has 5 nitrogen and oxygen atoms in total. The molecule has 0 spiro atoms. The quantitative estimate of drug-likeness (QED) is 0.0499. The number of nitrogens with zero attached hydrogens (tertiary/aromatic N) is 1. The summed E-state index contributed by atoms with van der Waals surface area (Å²) in [5.41, 5.74) is 1.82. The number of quaternary nitrogens is 1. The number of hydrogen-bond donors (Lipinski definition) is 2. The molecule has 2 aromatic rings. The van der Waals surface area contributed by atoms with E-state index >= 15 is 0 Å². The van der Waals surface area contributed by atoms with Gasteiger partial charge in [0.1, 0.15) is 11.5 Å². The highest BCUT2D eigenvalue weighted by Gasteiger charge is 2.25. The van der Waals surface area contributed by atoms with Crippen LogP contribution in [0.2, 0.25) is 0 Å². The van der Waals surface area contributed by atoms with Crippen LogP contribution < -0.4 is 20.1 Å². The van der Waals surface area contributed by atoms with Crippen molar-refractivity contribution in [1.82, 2.24) is 0 Å². The maximum absolute atomic E-state index is 5.40. The molecule has 0 aliphatic heterocycles. The van der Waals surface area contributed by atoms with Crippen molar-refractivity contribution in [3.05, 3.63) is 48.5 Å². The normalized spacial score (nSPS) is 11.1. The van der Waals surface area contributed by atoms with Crippen molar-refractivity contribution in [3.63, 3.8) is 0 Å². The maximum Gasteiger partial charge on any atom is 0.175 e. The van der Waals surface area contributed by atoms with Crippen LogP contribution in [0, 0.1) is 0 Å². The van der Waals surface area contributed by atoms with Crippen LogP contribution in [0.5, 0.6) is 11.5 Å². The number of hydrogen-bond acceptors (Lipinski definition) is 3. The number of benzene rings is 2. The summed E-state index contributed by atoms with van der Waals surface area (Å²) in [7, 11) is 0. The van der Waals surface area contributed by atoms with Crippen LogP contribution in [0.3, 0.4) is 0 Å². The van der Waals surface area contributed by atoms with Crippen molar-refractivity contribution in [2.75, 3.05) is 50.0 Å². The van der Waals surface area contributed by atoms with Gasteiger partial charge in [-0.05, 0) is 120 Å². The van der Waals surface area contributed by atoms with Crippen molar-refractivity contribution >= 4 is 28.7 Å². The molecule has 0 atom stereocenters. The van der Waals surface area contributed by atoms with Crippen molar-refractivity contribution in [2.45, 2.75) is 164 Å². The molecule has 0 bridgehead atoms. The monoisotopic (exact) mass is 713 g/mol. The predicted molar refractivity (Wildman–Crippen MR) is 225 cm³/mol. The Labute approximate surface area is 315 Å². The Bertz CT molecular complexity index is 950. The molecule has 286 valence electrons. The second-order valence-electron chi connectivity index (χ2n) is 14.0. The van der Waals surface area contributed by atoms with E-state index in [1.165, 1.54) is 153 Å². The first-order valence-electron chi connectivity index (χ1n) is 20.8. The lowest BCUT2D eigenvalue weighted by atomic mass is 10.1. The van der Waals surface area contributed by atoms with Crippen LogP contribution in [0.25, 0.3) is 0 Å². The summed E-state index contributed by atoms with van der Waals surface area (Å²) in [6.45, 7) is 20.4. The summed E-state index contributed by atoms with van der Waals surface area (Å²) in [4.78, 5) is 0. The van der Waals surface area contributed by atoms with Gasteiger partial charge in [0.05, 0.1) is 39.4 Å². The summed E-state index contributed by atoms with van der Waals surface area (Å²) >= 11 is 5.30. The van der Waals surface area contributed by atoms with E-state index in [0.717, 1.165) is 22.9 Å². The highest BCUT2D eigenvalue weighted by atomic mass is 32.1. The Hall–Kier alpha value is -2.31. The lowest BCUT2D eigenvalue weighted by Crippen LogP contribution is -2.50. The van der Waals surface area contributed by atoms with Gasteiger partial charge >= 0.3 is 0 Å². The summed E-state index contributed by atoms with van der Waals surface area (Å²) < 4.78 is 12.3. The van der Waals surface area contributed by atoms with Gasteiger partial charge in [-0.1, -0.05) is 105 Å². The standard InChI is InChI=1S/C27H58N.C17H20N2O2S/c1-5-9-12-15-18-21-25-28(24-8-4,26-22-19-16-13-10-6-2)27-23-20-17-14-11-7-3;1-3-20-15-9-5-13(6-10-15)18-17(22)19-14-7-11-16(12-8-14)21-4-2/h5-27H2,1-4H3;5-12H,3-4H2,1-2H3,(H2,18,19,22)/q+1;. The number of rotatable bonds is 29. The predicted octanol–water partition coefficient (Wildman–Crippen LogP) is 13.6. The molecule has 0 aliphatic rings. The number of ether oxygens (including phenoxy) is 2. The highest BCUT2D eigenvalue weighted by molar-refractivity contribution is 7.80. The van der Waals surface area contributed by atoms with Crippen LogP contribution >= 0.6 is 12.2 Å². The van der Waals surface area contributed by atoms with Gasteiger partial charge in [0.2, 0.25) is 0 Å². The van der Waals surface area contributed by atoms with Gasteiger partial charge in [0.15, 0.2) is 5.11 Å². The molecule has 0 aliphatic carbocycles. The Morgan fingerprint density at radius 2 is 0.760 bits per heavy atom. The Kier molecular flexibility index (Phi) is 28.7. The largest absolute Gasteiger partial charge is 0.494 e. The highest BCUT2D eigenvalue weighted by Crippen LogP contribution is 2.20. The number of unbranched alkanes of at least 4 members (excludes halogenated alkanes) is 15. The third kappa shape index (κ3) is 23.2. The Morgan fingerprint density at radius 3 is 1.06 bits per heavy atom. The van der Waals surface area contributed by atoms with Gasteiger partial charge in [-0.2, -0.15) is 0 Å². The molecule has 0 amide bonds. The fraction of sp³-hybridized carbons (Fsp3) is 0.705. The lowest BCUT2D eigenvalue weighted by molar-refractivity contribution is -0.929. The minimum absolute atomic E-state index is 0.535. The summed E-state index contributed by atoms with van der Waals surface area (Å²) in [6.07, 6.45) is 27.3. The average molecular weight is 713 g/mol. The molecule has 0 saturated heterocycles. The van der Waals surface area contributed by atoms with E-state index in [1.54, 1.807) is 0 Å². The van der Waals surface area contributed by atoms with Gasteiger partial charge in [0.25, 0.3) is 0 Å². The molecule has 0 heterocycles. The Morgan fingerprint density at radius 1 is 0.440 bits per heavy atom. The van der Waals surface area contributed by atoms with Gasteiger partial charge < -0.3 is 24.6 Å². The molecule has 2 aromatic carbocycles. The number of thiocarbonyl (C=S) groups is 1. The molecule has 0 radical (unpaired) electrons. The summed E-state index contributed by atoms with van der Waals surface area (Å²) in [5.74, 6) is 1.69. The fourth-order valence-electron chi connectivity index (χ4n) is 6.72. The number of anilines is 2. The fourth-order valence-corrected chi connectivity index (χ4v) is 6.96. The topological polar surface area (TPSA) is 42.5 Å². The molecule has 0 aromatic heterocycles. The van der Waals surface area contributed by atoms with Crippen LogP contribution in [0.4, 0.5) is 11.4 Å². The van der Waals surface area contributed by atoms with Crippen LogP contribution in [-0.2, 0) is 0 Å². The summed E-state index contributed by atoms with van der Waals surface area (Å²) in [5, 5.41) is 6.80. The van der Waals surface area contributed by atoms with Crippen molar-refractivity contribution in [3.8, 4) is 11.5 Å². The third-order valence-corrected chi connectivity index (χ3v) is 9.71. The third-order valence-electron chi connectivity index (χ3n) is 9.50. The molecule has 6 heteroatoms. The molecule has 50 heavy (non-hydrogen) atoms. The van der Waals surface area contributed by atoms with E-state index in [0.29, 0.717) is 18.3 Å². The molecule has 0 saturated carbocycles. The zero-order valence-electron chi connectivity index (χ0n) is 33.5. The van der Waals surface area contributed by atoms with E-state index in [-0.39, 0.29) is 0 Å². The first kappa shape index (κ1) is 45.7. The Balaban J connectivity index is 0.000000512. The average Bonchev–Trinajstić information content (AvgIpc) is 3.12. The zero-order valence-corrected chi connectivity index (χ0v) is 34.3. The van der Waals surface area contributed by atoms with E-state index in [9.17, 15) is 0 Å². The maximum atomic E-state index is 5.40. The second-order valence-corrected chi connectivity index (χ2v) is 14.4. The van der Waals surface area contributed by atoms with E-state index in [1.807, 2.05) is 62.4 Å². The van der Waals surface area contributed by atoms with Crippen molar-refractivity contribution < 1.29 is 14.0 Å². The van der Waals surface area contributed by atoms with Gasteiger partial charge in [-0.3, -0.25) is 0 Å². The van der Waals surface area contributed by atoms with E-state index in [2.05, 4.69) is 38.3 Å². The molecular formula is C44H78N3O2S+. The smallest absolute Gasteiger partial charge is 0.175 e. The van der Waals surface area contributed by atoms with Gasteiger partial charge in [-0.25, -0.2) is 0 Å². The number of nitrogens with one attached hydrogen (secondary N) is 2. The minimum atomic E-state index is 0.535. The van der Waals surface area contributed by atoms with Crippen molar-refractivity contribution in [2.24, 2.45) is 0 Å². The molecule has 0 fully saturated rings. The van der Waals surface area contributed by atoms with E-state index < -0.39 is 0 Å². The second kappa shape index (κ2) is 31.4. The first-order chi connectivity index (χ1) is 24.4. The SMILES string of the molecule is CCCCCCCC[N+](CCC)(CCCCCCCC)CCCCCCCC.CCOc1ccc(NC(=S)Nc2ccc(OCC)cc2)cc1. The molecular weight excluding hydrogens is 635 g/mol. The van der Waals surface area contributed by atoms with Crippen LogP contribution in [-0.4, -0.2) is 49.0 Å². The van der Waals surface area contributed by atoms with Crippen molar-refractivity contribution in [1.29, 1.82) is 0 Å². The lowest BCUT2D eigenvalue weighted by Gasteiger charge is -2.39. The molecule has 0 unspecified atom stereocenters. The van der Waals surface area contributed by atoms with Crippen LogP contribution in [0.1, 0.15) is 164 Å². The van der Waals surface area contributed by atoms with Gasteiger partial charge in [0, 0.05) is 11.4 Å². The first-order valence-corrected chi connectivity index (χ1v) is 21.2. The van der Waals surface area contributed by atoms with Gasteiger partial charge in [-0.15, -0.1) is 0 Å². The molecule has 2 N–H and O–H groups in total. The minimum Gasteiger partial charge on any atom is -0.494 e. The summed E-state index contributed by atoms with van der Waals surface area (Å²) in [6, 6.07) is 15.3.